The number of anilines is 1. The van der Waals surface area contributed by atoms with Crippen molar-refractivity contribution >= 4 is 29.3 Å². The van der Waals surface area contributed by atoms with Gasteiger partial charge in [-0.1, -0.05) is 24.3 Å². The van der Waals surface area contributed by atoms with E-state index in [1.807, 2.05) is 41.3 Å². The number of nitrogens with two attached hydrogens (primary N) is 1. The highest BCUT2D eigenvalue weighted by Crippen LogP contribution is 2.34. The largest absolute Gasteiger partial charge is 0.369 e. The van der Waals surface area contributed by atoms with E-state index in [4.69, 9.17) is 5.73 Å². The Hall–Kier alpha value is -2.27. The quantitative estimate of drug-likeness (QED) is 0.870. The van der Waals surface area contributed by atoms with E-state index in [0.717, 1.165) is 17.0 Å². The highest BCUT2D eigenvalue weighted by atomic mass is 32.2. The van der Waals surface area contributed by atoms with E-state index in [2.05, 4.69) is 13.0 Å². The number of hydrogen-bond acceptors (Lipinski definition) is 3. The number of rotatable bonds is 4. The predicted octanol–water partition coefficient (Wildman–Crippen LogP) is 3.16. The number of carbonyl (C=O) groups is 2. The lowest BCUT2D eigenvalue weighted by molar-refractivity contribution is -0.117. The Morgan fingerprint density at radius 1 is 1.17 bits per heavy atom. The van der Waals surface area contributed by atoms with Gasteiger partial charge in [-0.3, -0.25) is 9.59 Å². The Kier molecular flexibility index (Phi) is 4.62. The van der Waals surface area contributed by atoms with Crippen molar-refractivity contribution in [3.8, 4) is 0 Å². The fourth-order valence-corrected chi connectivity index (χ4v) is 3.90. The second-order valence-corrected chi connectivity index (χ2v) is 7.32. The van der Waals surface area contributed by atoms with Crippen LogP contribution in [0.2, 0.25) is 0 Å². The molecule has 0 fully saturated rings. The standard InChI is InChI=1S/C19H20N2O2S/c1-12-6-5-8-16-14(12)10-11-21(16)19(23)15-7-3-4-9-17(15)24-13(2)18(20)22/h3-9,13H,10-11H2,1-2H3,(H2,20,22). The van der Waals surface area contributed by atoms with Crippen molar-refractivity contribution in [3.63, 3.8) is 0 Å². The van der Waals surface area contributed by atoms with Crippen molar-refractivity contribution < 1.29 is 9.59 Å². The Bertz CT molecular complexity index is 804. The van der Waals surface area contributed by atoms with E-state index in [0.29, 0.717) is 12.1 Å². The molecule has 2 aromatic carbocycles. The number of amides is 2. The maximum Gasteiger partial charge on any atom is 0.259 e. The topological polar surface area (TPSA) is 63.4 Å². The molecule has 0 aliphatic carbocycles. The minimum Gasteiger partial charge on any atom is -0.369 e. The van der Waals surface area contributed by atoms with Crippen LogP contribution in [0.4, 0.5) is 5.69 Å². The third-order valence-corrected chi connectivity index (χ3v) is 5.52. The minimum absolute atomic E-state index is 0.0286. The first-order chi connectivity index (χ1) is 11.5. The zero-order valence-electron chi connectivity index (χ0n) is 13.8. The van der Waals surface area contributed by atoms with Crippen molar-refractivity contribution in [2.45, 2.75) is 30.4 Å². The third kappa shape index (κ3) is 3.04. The summed E-state index contributed by atoms with van der Waals surface area (Å²) in [5, 5.41) is -0.382. The van der Waals surface area contributed by atoms with E-state index in [9.17, 15) is 9.59 Å². The summed E-state index contributed by atoms with van der Waals surface area (Å²) < 4.78 is 0. The molecule has 1 unspecified atom stereocenters. The average molecular weight is 340 g/mol. The molecule has 2 amide bonds. The van der Waals surface area contributed by atoms with Gasteiger partial charge in [-0.05, 0) is 49.6 Å². The highest BCUT2D eigenvalue weighted by Gasteiger charge is 2.28. The van der Waals surface area contributed by atoms with Gasteiger partial charge in [0.2, 0.25) is 5.91 Å². The first-order valence-electron chi connectivity index (χ1n) is 7.94. The summed E-state index contributed by atoms with van der Waals surface area (Å²) in [6, 6.07) is 13.4. The summed E-state index contributed by atoms with van der Waals surface area (Å²) in [6.07, 6.45) is 0.876. The number of aryl methyl sites for hydroxylation is 1. The predicted molar refractivity (Wildman–Crippen MR) is 97.5 cm³/mol. The molecule has 1 atom stereocenters. The molecule has 0 aromatic heterocycles. The van der Waals surface area contributed by atoms with Gasteiger partial charge in [0.1, 0.15) is 0 Å². The molecule has 24 heavy (non-hydrogen) atoms. The fraction of sp³-hybridized carbons (Fsp3) is 0.263. The zero-order valence-corrected chi connectivity index (χ0v) is 14.6. The summed E-state index contributed by atoms with van der Waals surface area (Å²) >= 11 is 1.33. The fourth-order valence-electron chi connectivity index (χ4n) is 2.96. The van der Waals surface area contributed by atoms with Gasteiger partial charge in [-0.15, -0.1) is 11.8 Å². The number of benzene rings is 2. The number of carbonyl (C=O) groups excluding carboxylic acids is 2. The summed E-state index contributed by atoms with van der Waals surface area (Å²) in [5.41, 5.74) is 9.41. The van der Waals surface area contributed by atoms with Crippen LogP contribution in [0, 0.1) is 6.92 Å². The van der Waals surface area contributed by atoms with Crippen LogP contribution in [-0.4, -0.2) is 23.6 Å². The minimum atomic E-state index is -0.385. The van der Waals surface area contributed by atoms with Crippen LogP contribution < -0.4 is 10.6 Å². The van der Waals surface area contributed by atoms with Crippen molar-refractivity contribution in [1.82, 2.24) is 0 Å². The molecule has 124 valence electrons. The molecule has 1 aliphatic heterocycles. The van der Waals surface area contributed by atoms with Gasteiger partial charge in [-0.2, -0.15) is 0 Å². The van der Waals surface area contributed by atoms with Gasteiger partial charge in [0.05, 0.1) is 10.8 Å². The monoisotopic (exact) mass is 340 g/mol. The van der Waals surface area contributed by atoms with E-state index in [-0.39, 0.29) is 17.1 Å². The summed E-state index contributed by atoms with van der Waals surface area (Å²) in [7, 11) is 0. The van der Waals surface area contributed by atoms with Crippen molar-refractivity contribution in [3.05, 3.63) is 59.2 Å². The van der Waals surface area contributed by atoms with Crippen molar-refractivity contribution in [1.29, 1.82) is 0 Å². The maximum atomic E-state index is 13.1. The molecular weight excluding hydrogens is 320 g/mol. The molecule has 0 radical (unpaired) electrons. The molecule has 1 heterocycles. The Morgan fingerprint density at radius 3 is 2.67 bits per heavy atom. The van der Waals surface area contributed by atoms with E-state index < -0.39 is 0 Å². The lowest BCUT2D eigenvalue weighted by Gasteiger charge is -2.20. The molecule has 4 nitrogen and oxygen atoms in total. The lowest BCUT2D eigenvalue weighted by Crippen LogP contribution is -2.29. The Labute approximate surface area is 146 Å². The highest BCUT2D eigenvalue weighted by molar-refractivity contribution is 8.00. The second kappa shape index (κ2) is 6.69. The number of primary amides is 1. The molecule has 5 heteroatoms. The molecular formula is C19H20N2O2S. The van der Waals surface area contributed by atoms with Gasteiger partial charge < -0.3 is 10.6 Å². The molecule has 0 saturated heterocycles. The van der Waals surface area contributed by atoms with Crippen LogP contribution in [0.3, 0.4) is 0 Å². The SMILES string of the molecule is Cc1cccc2c1CCN2C(=O)c1ccccc1SC(C)C(N)=O. The molecule has 0 spiro atoms. The molecule has 2 aromatic rings. The summed E-state index contributed by atoms with van der Waals surface area (Å²) in [6.45, 7) is 4.51. The summed E-state index contributed by atoms with van der Waals surface area (Å²) in [4.78, 5) is 27.1. The van der Waals surface area contributed by atoms with Crippen molar-refractivity contribution in [2.24, 2.45) is 5.73 Å². The molecule has 2 N–H and O–H groups in total. The van der Waals surface area contributed by atoms with Crippen LogP contribution in [0.15, 0.2) is 47.4 Å². The van der Waals surface area contributed by atoms with Crippen LogP contribution >= 0.6 is 11.8 Å². The molecule has 1 aliphatic rings. The van der Waals surface area contributed by atoms with Gasteiger partial charge >= 0.3 is 0 Å². The number of fused-ring (bicyclic) bond motifs is 1. The third-order valence-electron chi connectivity index (χ3n) is 4.33. The van der Waals surface area contributed by atoms with Crippen LogP contribution in [0.5, 0.6) is 0 Å². The average Bonchev–Trinajstić information content (AvgIpc) is 3.00. The number of hydrogen-bond donors (Lipinski definition) is 1. The zero-order chi connectivity index (χ0) is 17.3. The van der Waals surface area contributed by atoms with Crippen LogP contribution in [0.1, 0.15) is 28.4 Å². The normalized spacial score (nSPS) is 14.3. The van der Waals surface area contributed by atoms with E-state index >= 15 is 0 Å². The number of nitrogens with zero attached hydrogens (tertiary/aromatic N) is 1. The van der Waals surface area contributed by atoms with Crippen LogP contribution in [-0.2, 0) is 11.2 Å². The first kappa shape index (κ1) is 16.6. The smallest absolute Gasteiger partial charge is 0.259 e. The van der Waals surface area contributed by atoms with Gasteiger partial charge in [0.15, 0.2) is 0 Å². The van der Waals surface area contributed by atoms with Gasteiger partial charge in [-0.25, -0.2) is 0 Å². The van der Waals surface area contributed by atoms with Gasteiger partial charge in [0, 0.05) is 17.1 Å². The first-order valence-corrected chi connectivity index (χ1v) is 8.82. The molecule has 0 bridgehead atoms. The number of thioether (sulfide) groups is 1. The van der Waals surface area contributed by atoms with Gasteiger partial charge in [0.25, 0.3) is 5.91 Å². The second-order valence-electron chi connectivity index (χ2n) is 5.94. The Balaban J connectivity index is 1.93. The van der Waals surface area contributed by atoms with Crippen molar-refractivity contribution in [2.75, 3.05) is 11.4 Å². The summed E-state index contributed by atoms with van der Waals surface area (Å²) in [5.74, 6) is -0.413. The lowest BCUT2D eigenvalue weighted by atomic mass is 10.1. The van der Waals surface area contributed by atoms with Crippen LogP contribution in [0.25, 0.3) is 0 Å². The van der Waals surface area contributed by atoms with E-state index in [1.165, 1.54) is 22.9 Å². The molecule has 0 saturated carbocycles. The van der Waals surface area contributed by atoms with E-state index in [1.54, 1.807) is 6.92 Å². The Morgan fingerprint density at radius 2 is 1.92 bits per heavy atom. The maximum absolute atomic E-state index is 13.1. The molecule has 3 rings (SSSR count).